The molecule has 0 aromatic heterocycles. The Morgan fingerprint density at radius 2 is 1.74 bits per heavy atom. The average molecular weight is 486 g/mol. The molecule has 2 aliphatic heterocycles. The van der Waals surface area contributed by atoms with Gasteiger partial charge in [0, 0.05) is 19.6 Å². The fraction of sp³-hybridized carbons (Fsp3) is 0.500. The third kappa shape index (κ3) is 4.85. The molecule has 2 unspecified atom stereocenters. The maximum Gasteiger partial charge on any atom is 0.243 e. The zero-order valence-electron chi connectivity index (χ0n) is 20.2. The van der Waals surface area contributed by atoms with Crippen LogP contribution in [0.3, 0.4) is 0 Å². The molecular formula is C26H35N3O4S. The van der Waals surface area contributed by atoms with Gasteiger partial charge in [-0.15, -0.1) is 0 Å². The van der Waals surface area contributed by atoms with E-state index in [-0.39, 0.29) is 16.8 Å². The third-order valence-electron chi connectivity index (χ3n) is 7.24. The number of hydrogen-bond donors (Lipinski definition) is 1. The molecule has 2 heterocycles. The average Bonchev–Trinajstić information content (AvgIpc) is 3.10. The van der Waals surface area contributed by atoms with Gasteiger partial charge in [-0.25, -0.2) is 8.42 Å². The first-order valence-corrected chi connectivity index (χ1v) is 13.5. The first kappa shape index (κ1) is 24.7. The van der Waals surface area contributed by atoms with Crippen molar-refractivity contribution < 1.29 is 17.9 Å². The van der Waals surface area contributed by atoms with Crippen LogP contribution in [0.25, 0.3) is 0 Å². The number of sulfonamides is 1. The van der Waals surface area contributed by atoms with Crippen molar-refractivity contribution in [2.24, 2.45) is 5.92 Å². The second-order valence-electron chi connectivity index (χ2n) is 9.46. The van der Waals surface area contributed by atoms with Crippen molar-refractivity contribution in [2.45, 2.75) is 56.1 Å². The molecule has 2 atom stereocenters. The number of rotatable bonds is 8. The standard InChI is InChI=1S/C26H35N3O4S/c1-4-20(2)19-29-25(30)24(18-21-8-6-5-7-9-21)27-26(29)14-16-28(17-15-26)34(31,32)23-12-10-22(33-3)11-13-23/h5-13,20,24,27H,4,14-19H2,1-3H3. The molecule has 0 aliphatic carbocycles. The first-order valence-electron chi connectivity index (χ1n) is 12.1. The minimum Gasteiger partial charge on any atom is -0.497 e. The molecule has 2 aromatic rings. The van der Waals surface area contributed by atoms with Crippen LogP contribution in [0.15, 0.2) is 59.5 Å². The van der Waals surface area contributed by atoms with E-state index < -0.39 is 15.7 Å². The zero-order chi connectivity index (χ0) is 24.3. The lowest BCUT2D eigenvalue weighted by Gasteiger charge is -2.45. The number of nitrogens with one attached hydrogen (secondary N) is 1. The van der Waals surface area contributed by atoms with Crippen LogP contribution in [0, 0.1) is 5.92 Å². The Morgan fingerprint density at radius 1 is 1.09 bits per heavy atom. The number of hydrogen-bond acceptors (Lipinski definition) is 5. The van der Waals surface area contributed by atoms with E-state index in [1.807, 2.05) is 35.2 Å². The highest BCUT2D eigenvalue weighted by Crippen LogP contribution is 2.36. The van der Waals surface area contributed by atoms with E-state index in [1.165, 1.54) is 4.31 Å². The Morgan fingerprint density at radius 3 is 2.32 bits per heavy atom. The Balaban J connectivity index is 1.52. The number of carbonyl (C=O) groups is 1. The minimum atomic E-state index is -3.61. The quantitative estimate of drug-likeness (QED) is 0.621. The van der Waals surface area contributed by atoms with Crippen LogP contribution in [0.2, 0.25) is 0 Å². The highest BCUT2D eigenvalue weighted by atomic mass is 32.2. The summed E-state index contributed by atoms with van der Waals surface area (Å²) >= 11 is 0. The van der Waals surface area contributed by atoms with Gasteiger partial charge >= 0.3 is 0 Å². The van der Waals surface area contributed by atoms with Crippen LogP contribution in [0.5, 0.6) is 5.75 Å². The van der Waals surface area contributed by atoms with Gasteiger partial charge in [0.05, 0.1) is 23.7 Å². The van der Waals surface area contributed by atoms with Crippen LogP contribution < -0.4 is 10.1 Å². The van der Waals surface area contributed by atoms with E-state index in [1.54, 1.807) is 31.4 Å². The van der Waals surface area contributed by atoms with Crippen LogP contribution >= 0.6 is 0 Å². The van der Waals surface area contributed by atoms with E-state index >= 15 is 0 Å². The summed E-state index contributed by atoms with van der Waals surface area (Å²) in [7, 11) is -2.05. The molecule has 1 N–H and O–H groups in total. The molecule has 0 saturated carbocycles. The van der Waals surface area contributed by atoms with Crippen molar-refractivity contribution >= 4 is 15.9 Å². The Labute approximate surface area is 203 Å². The van der Waals surface area contributed by atoms with Gasteiger partial charge in [0.15, 0.2) is 0 Å². The SMILES string of the molecule is CCC(C)CN1C(=O)C(Cc2ccccc2)NC12CCN(S(=O)(=O)c1ccc(OC)cc1)CC2. The van der Waals surface area contributed by atoms with Crippen molar-refractivity contribution in [3.05, 3.63) is 60.2 Å². The van der Waals surface area contributed by atoms with Gasteiger partial charge in [0.2, 0.25) is 15.9 Å². The van der Waals surface area contributed by atoms with Gasteiger partial charge in [-0.2, -0.15) is 4.31 Å². The van der Waals surface area contributed by atoms with Crippen LogP contribution in [0.4, 0.5) is 0 Å². The number of benzene rings is 2. The number of carbonyl (C=O) groups excluding carboxylic acids is 1. The summed E-state index contributed by atoms with van der Waals surface area (Å²) in [6.45, 7) is 5.71. The molecule has 7 nitrogen and oxygen atoms in total. The monoisotopic (exact) mass is 485 g/mol. The van der Waals surface area contributed by atoms with Gasteiger partial charge < -0.3 is 9.64 Å². The lowest BCUT2D eigenvalue weighted by atomic mass is 9.95. The molecule has 34 heavy (non-hydrogen) atoms. The topological polar surface area (TPSA) is 79.0 Å². The number of amides is 1. The molecule has 2 saturated heterocycles. The van der Waals surface area contributed by atoms with Gasteiger partial charge in [0.25, 0.3) is 0 Å². The summed E-state index contributed by atoms with van der Waals surface area (Å²) in [4.78, 5) is 15.8. The molecule has 2 aromatic carbocycles. The van der Waals surface area contributed by atoms with E-state index in [0.29, 0.717) is 50.6 Å². The fourth-order valence-electron chi connectivity index (χ4n) is 4.96. The molecule has 4 rings (SSSR count). The summed E-state index contributed by atoms with van der Waals surface area (Å²) in [5, 5.41) is 3.65. The van der Waals surface area contributed by atoms with E-state index in [4.69, 9.17) is 4.74 Å². The van der Waals surface area contributed by atoms with Crippen molar-refractivity contribution in [3.8, 4) is 5.75 Å². The molecule has 1 amide bonds. The van der Waals surface area contributed by atoms with Crippen LogP contribution in [0.1, 0.15) is 38.7 Å². The van der Waals surface area contributed by atoms with Crippen LogP contribution in [-0.4, -0.2) is 62.0 Å². The number of methoxy groups -OCH3 is 1. The highest BCUT2D eigenvalue weighted by Gasteiger charge is 2.52. The Bertz CT molecular complexity index is 1080. The third-order valence-corrected chi connectivity index (χ3v) is 9.16. The van der Waals surface area contributed by atoms with E-state index in [0.717, 1.165) is 12.0 Å². The largest absolute Gasteiger partial charge is 0.497 e. The lowest BCUT2D eigenvalue weighted by Crippen LogP contribution is -2.60. The zero-order valence-corrected chi connectivity index (χ0v) is 21.1. The second kappa shape index (κ2) is 10.1. The summed E-state index contributed by atoms with van der Waals surface area (Å²) in [5.74, 6) is 1.12. The predicted molar refractivity (Wildman–Crippen MR) is 132 cm³/mol. The van der Waals surface area contributed by atoms with Crippen molar-refractivity contribution in [1.29, 1.82) is 0 Å². The molecular weight excluding hydrogens is 450 g/mol. The molecule has 184 valence electrons. The Kier molecular flexibility index (Phi) is 7.31. The highest BCUT2D eigenvalue weighted by molar-refractivity contribution is 7.89. The number of ether oxygens (including phenoxy) is 1. The molecule has 0 radical (unpaired) electrons. The summed E-state index contributed by atoms with van der Waals surface area (Å²) in [6, 6.07) is 16.2. The normalized spacial score (nSPS) is 21.7. The van der Waals surface area contributed by atoms with Gasteiger partial charge in [-0.3, -0.25) is 10.1 Å². The molecule has 8 heteroatoms. The van der Waals surface area contributed by atoms with Gasteiger partial charge in [0.1, 0.15) is 5.75 Å². The maximum absolute atomic E-state index is 13.5. The molecule has 2 aliphatic rings. The number of nitrogens with zero attached hydrogens (tertiary/aromatic N) is 2. The van der Waals surface area contributed by atoms with Crippen molar-refractivity contribution in [1.82, 2.24) is 14.5 Å². The van der Waals surface area contributed by atoms with E-state index in [9.17, 15) is 13.2 Å². The van der Waals surface area contributed by atoms with Gasteiger partial charge in [-0.1, -0.05) is 50.6 Å². The maximum atomic E-state index is 13.5. The molecule has 0 bridgehead atoms. The second-order valence-corrected chi connectivity index (χ2v) is 11.4. The van der Waals surface area contributed by atoms with Crippen molar-refractivity contribution in [2.75, 3.05) is 26.7 Å². The first-order chi connectivity index (χ1) is 16.3. The summed E-state index contributed by atoms with van der Waals surface area (Å²) in [6.07, 6.45) is 2.75. The minimum absolute atomic E-state index is 0.121. The Hall–Kier alpha value is -2.42. The van der Waals surface area contributed by atoms with Gasteiger partial charge in [-0.05, 0) is 55.0 Å². The van der Waals surface area contributed by atoms with Crippen LogP contribution in [-0.2, 0) is 21.2 Å². The van der Waals surface area contributed by atoms with Crippen molar-refractivity contribution in [3.63, 3.8) is 0 Å². The summed E-state index contributed by atoms with van der Waals surface area (Å²) < 4.78 is 33.2. The fourth-order valence-corrected chi connectivity index (χ4v) is 6.41. The number of piperidine rings is 1. The molecule has 1 spiro atoms. The predicted octanol–water partition coefficient (Wildman–Crippen LogP) is 3.27. The summed E-state index contributed by atoms with van der Waals surface area (Å²) in [5.41, 5.74) is 0.611. The smallest absolute Gasteiger partial charge is 0.243 e. The molecule has 2 fully saturated rings. The van der Waals surface area contributed by atoms with E-state index in [2.05, 4.69) is 19.2 Å². The lowest BCUT2D eigenvalue weighted by molar-refractivity contribution is -0.134.